The number of ether oxygens (including phenoxy) is 3. The average Bonchev–Trinajstić information content (AvgIpc) is 2.62. The molecule has 0 aromatic heterocycles. The van der Waals surface area contributed by atoms with Crippen LogP contribution in [0.2, 0.25) is 0 Å². The maximum atomic E-state index is 5.97. The third kappa shape index (κ3) is 5.19. The molecule has 1 saturated heterocycles. The summed E-state index contributed by atoms with van der Waals surface area (Å²) in [7, 11) is 0. The SMILES string of the molecule is Ic1ccc(COC2CCCOC2)cc1OCc1ccccc1. The fourth-order valence-corrected chi connectivity index (χ4v) is 3.03. The third-order valence-corrected chi connectivity index (χ3v) is 4.73. The molecular weight excluding hydrogens is 403 g/mol. The molecule has 122 valence electrons. The molecule has 1 heterocycles. The van der Waals surface area contributed by atoms with Crippen LogP contribution in [0.3, 0.4) is 0 Å². The zero-order chi connectivity index (χ0) is 15.9. The van der Waals surface area contributed by atoms with Gasteiger partial charge in [0.2, 0.25) is 0 Å². The maximum Gasteiger partial charge on any atom is 0.133 e. The zero-order valence-electron chi connectivity index (χ0n) is 13.0. The van der Waals surface area contributed by atoms with Gasteiger partial charge < -0.3 is 14.2 Å². The highest BCUT2D eigenvalue weighted by atomic mass is 127. The van der Waals surface area contributed by atoms with Crippen molar-refractivity contribution in [2.75, 3.05) is 13.2 Å². The average molecular weight is 424 g/mol. The molecule has 3 nitrogen and oxygen atoms in total. The van der Waals surface area contributed by atoms with Crippen molar-refractivity contribution >= 4 is 22.6 Å². The van der Waals surface area contributed by atoms with Crippen molar-refractivity contribution in [1.29, 1.82) is 0 Å². The van der Waals surface area contributed by atoms with E-state index < -0.39 is 0 Å². The molecule has 0 bridgehead atoms. The second kappa shape index (κ2) is 8.66. The molecule has 1 fully saturated rings. The summed E-state index contributed by atoms with van der Waals surface area (Å²) < 4.78 is 18.5. The van der Waals surface area contributed by atoms with Crippen LogP contribution in [-0.4, -0.2) is 19.3 Å². The predicted molar refractivity (Wildman–Crippen MR) is 98.6 cm³/mol. The van der Waals surface area contributed by atoms with Gasteiger partial charge in [0.25, 0.3) is 0 Å². The third-order valence-electron chi connectivity index (χ3n) is 3.84. The number of hydrogen-bond donors (Lipinski definition) is 0. The quantitative estimate of drug-likeness (QED) is 0.637. The van der Waals surface area contributed by atoms with E-state index in [0.717, 1.165) is 34.3 Å². The summed E-state index contributed by atoms with van der Waals surface area (Å²) >= 11 is 2.31. The van der Waals surface area contributed by atoms with Crippen molar-refractivity contribution in [3.63, 3.8) is 0 Å². The minimum atomic E-state index is 0.219. The molecule has 1 aliphatic rings. The summed E-state index contributed by atoms with van der Waals surface area (Å²) in [4.78, 5) is 0. The van der Waals surface area contributed by atoms with Gasteiger partial charge >= 0.3 is 0 Å². The molecule has 2 aromatic carbocycles. The summed E-state index contributed by atoms with van der Waals surface area (Å²) in [5, 5.41) is 0. The van der Waals surface area contributed by atoms with Crippen LogP contribution >= 0.6 is 22.6 Å². The van der Waals surface area contributed by atoms with Crippen molar-refractivity contribution in [3.05, 3.63) is 63.2 Å². The standard InChI is InChI=1S/C19H21IO3/c20-18-9-8-16(13-22-17-7-4-10-21-14-17)11-19(18)23-12-15-5-2-1-3-6-15/h1-3,5-6,8-9,11,17H,4,7,10,12-14H2. The minimum Gasteiger partial charge on any atom is -0.488 e. The maximum absolute atomic E-state index is 5.97. The zero-order valence-corrected chi connectivity index (χ0v) is 15.2. The number of rotatable bonds is 6. The van der Waals surface area contributed by atoms with Gasteiger partial charge in [0.1, 0.15) is 12.4 Å². The molecule has 2 aromatic rings. The topological polar surface area (TPSA) is 27.7 Å². The van der Waals surface area contributed by atoms with Crippen LogP contribution in [0.5, 0.6) is 5.75 Å². The molecule has 0 aliphatic carbocycles. The van der Waals surface area contributed by atoms with E-state index in [1.165, 1.54) is 5.56 Å². The lowest BCUT2D eigenvalue weighted by Gasteiger charge is -2.22. The number of halogens is 1. The lowest BCUT2D eigenvalue weighted by atomic mass is 10.1. The van der Waals surface area contributed by atoms with Crippen LogP contribution in [-0.2, 0) is 22.7 Å². The lowest BCUT2D eigenvalue weighted by Crippen LogP contribution is -2.25. The lowest BCUT2D eigenvalue weighted by molar-refractivity contribution is -0.0569. The first-order valence-corrected chi connectivity index (χ1v) is 9.03. The molecule has 23 heavy (non-hydrogen) atoms. The second-order valence-corrected chi connectivity index (χ2v) is 6.85. The molecule has 1 atom stereocenters. The molecule has 4 heteroatoms. The van der Waals surface area contributed by atoms with Gasteiger partial charge in [0.15, 0.2) is 0 Å². The van der Waals surface area contributed by atoms with E-state index >= 15 is 0 Å². The Labute approximate surface area is 151 Å². The first-order chi connectivity index (χ1) is 11.3. The van der Waals surface area contributed by atoms with E-state index in [2.05, 4.69) is 52.9 Å². The van der Waals surface area contributed by atoms with Crippen molar-refractivity contribution in [2.45, 2.75) is 32.2 Å². The molecule has 1 unspecified atom stereocenters. The Hall–Kier alpha value is -1.11. The Morgan fingerprint density at radius 1 is 1.04 bits per heavy atom. The Kier molecular flexibility index (Phi) is 6.30. The second-order valence-electron chi connectivity index (χ2n) is 5.69. The van der Waals surface area contributed by atoms with Gasteiger partial charge in [-0.05, 0) is 58.7 Å². The smallest absolute Gasteiger partial charge is 0.133 e. The summed E-state index contributed by atoms with van der Waals surface area (Å²) in [6, 6.07) is 16.5. The normalized spacial score (nSPS) is 17.9. The summed E-state index contributed by atoms with van der Waals surface area (Å²) in [6.07, 6.45) is 2.39. The summed E-state index contributed by atoms with van der Waals surface area (Å²) in [6.45, 7) is 2.76. The van der Waals surface area contributed by atoms with Crippen LogP contribution in [0, 0.1) is 3.57 Å². The van der Waals surface area contributed by atoms with Gasteiger partial charge in [-0.1, -0.05) is 36.4 Å². The Bertz CT molecular complexity index is 609. The fourth-order valence-electron chi connectivity index (χ4n) is 2.54. The van der Waals surface area contributed by atoms with E-state index in [4.69, 9.17) is 14.2 Å². The summed E-state index contributed by atoms with van der Waals surface area (Å²) in [5.74, 6) is 0.912. The fraction of sp³-hybridized carbons (Fsp3) is 0.368. The van der Waals surface area contributed by atoms with Gasteiger partial charge in [-0.2, -0.15) is 0 Å². The van der Waals surface area contributed by atoms with Gasteiger partial charge in [-0.15, -0.1) is 0 Å². The van der Waals surface area contributed by atoms with Crippen molar-refractivity contribution < 1.29 is 14.2 Å². The van der Waals surface area contributed by atoms with Crippen molar-refractivity contribution in [1.82, 2.24) is 0 Å². The minimum absolute atomic E-state index is 0.219. The predicted octanol–water partition coefficient (Wildman–Crippen LogP) is 4.57. The monoisotopic (exact) mass is 424 g/mol. The first kappa shape index (κ1) is 16.7. The van der Waals surface area contributed by atoms with Crippen molar-refractivity contribution in [2.24, 2.45) is 0 Å². The van der Waals surface area contributed by atoms with Gasteiger partial charge in [-0.25, -0.2) is 0 Å². The summed E-state index contributed by atoms with van der Waals surface area (Å²) in [5.41, 5.74) is 2.31. The molecule has 0 N–H and O–H groups in total. The number of benzene rings is 2. The van der Waals surface area contributed by atoms with E-state index in [-0.39, 0.29) is 6.10 Å². The van der Waals surface area contributed by atoms with Crippen LogP contribution in [0.1, 0.15) is 24.0 Å². The van der Waals surface area contributed by atoms with Gasteiger partial charge in [0.05, 0.1) is 22.9 Å². The highest BCUT2D eigenvalue weighted by Gasteiger charge is 2.14. The first-order valence-electron chi connectivity index (χ1n) is 7.96. The highest BCUT2D eigenvalue weighted by molar-refractivity contribution is 14.1. The van der Waals surface area contributed by atoms with Crippen LogP contribution in [0.4, 0.5) is 0 Å². The largest absolute Gasteiger partial charge is 0.488 e. The van der Waals surface area contributed by atoms with E-state index in [1.807, 2.05) is 18.2 Å². The van der Waals surface area contributed by atoms with Crippen molar-refractivity contribution in [3.8, 4) is 5.75 Å². The highest BCUT2D eigenvalue weighted by Crippen LogP contribution is 2.24. The Balaban J connectivity index is 1.57. The van der Waals surface area contributed by atoms with Crippen LogP contribution < -0.4 is 4.74 Å². The molecular formula is C19H21IO3. The molecule has 0 radical (unpaired) electrons. The van der Waals surface area contributed by atoms with Gasteiger partial charge in [-0.3, -0.25) is 0 Å². The molecule has 3 rings (SSSR count). The molecule has 1 aliphatic heterocycles. The van der Waals surface area contributed by atoms with E-state index in [0.29, 0.717) is 19.8 Å². The Morgan fingerprint density at radius 2 is 1.91 bits per heavy atom. The van der Waals surface area contributed by atoms with Gasteiger partial charge in [0, 0.05) is 6.61 Å². The van der Waals surface area contributed by atoms with E-state index in [1.54, 1.807) is 0 Å². The molecule has 0 spiro atoms. The van der Waals surface area contributed by atoms with Crippen LogP contribution in [0.15, 0.2) is 48.5 Å². The number of hydrogen-bond acceptors (Lipinski definition) is 3. The van der Waals surface area contributed by atoms with Crippen LogP contribution in [0.25, 0.3) is 0 Å². The molecule has 0 saturated carbocycles. The Morgan fingerprint density at radius 3 is 2.70 bits per heavy atom. The molecule has 0 amide bonds. The van der Waals surface area contributed by atoms with E-state index in [9.17, 15) is 0 Å².